The molecule has 0 saturated heterocycles. The number of rotatable bonds is 5. The van der Waals surface area contributed by atoms with E-state index in [0.717, 1.165) is 37.7 Å². The highest BCUT2D eigenvalue weighted by molar-refractivity contribution is 6.30. The fourth-order valence-electron chi connectivity index (χ4n) is 2.80. The quantitative estimate of drug-likeness (QED) is 0.879. The fraction of sp³-hybridized carbons (Fsp3) is 0.562. The topological polar surface area (TPSA) is 58.6 Å². The van der Waals surface area contributed by atoms with Crippen LogP contribution < -0.4 is 10.1 Å². The molecule has 1 aliphatic carbocycles. The van der Waals surface area contributed by atoms with Crippen LogP contribution >= 0.6 is 11.6 Å². The summed E-state index contributed by atoms with van der Waals surface area (Å²) in [6.07, 6.45) is 4.90. The molecule has 1 aromatic carbocycles. The molecule has 0 radical (unpaired) electrons. The first-order valence-electron chi connectivity index (χ1n) is 7.35. The van der Waals surface area contributed by atoms with Crippen molar-refractivity contribution in [2.24, 2.45) is 0 Å². The molecule has 1 aromatic rings. The lowest BCUT2D eigenvalue weighted by Crippen LogP contribution is -2.53. The number of ether oxygens (including phenoxy) is 1. The van der Waals surface area contributed by atoms with E-state index < -0.39 is 5.54 Å². The SMILES string of the molecule is Cc1cc(Cl)ccc1OCC(=O)NC1(CO)CCCCC1. The minimum Gasteiger partial charge on any atom is -0.484 e. The number of carbonyl (C=O) groups excluding carboxylic acids is 1. The standard InChI is InChI=1S/C16H22ClNO3/c1-12-9-13(17)5-6-14(12)21-10-15(20)18-16(11-19)7-3-2-4-8-16/h5-6,9,19H,2-4,7-8,10-11H2,1H3,(H,18,20). The van der Waals surface area contributed by atoms with Gasteiger partial charge in [0.25, 0.3) is 5.91 Å². The number of aliphatic hydroxyl groups is 1. The highest BCUT2D eigenvalue weighted by Crippen LogP contribution is 2.27. The Balaban J connectivity index is 1.89. The van der Waals surface area contributed by atoms with Crippen LogP contribution in [0.5, 0.6) is 5.75 Å². The summed E-state index contributed by atoms with van der Waals surface area (Å²) in [7, 11) is 0. The van der Waals surface area contributed by atoms with Crippen molar-refractivity contribution in [3.05, 3.63) is 28.8 Å². The van der Waals surface area contributed by atoms with Crippen LogP contribution in [0, 0.1) is 6.92 Å². The van der Waals surface area contributed by atoms with Crippen LogP contribution in [0.3, 0.4) is 0 Å². The molecule has 0 unspecified atom stereocenters. The van der Waals surface area contributed by atoms with Gasteiger partial charge in [-0.1, -0.05) is 30.9 Å². The summed E-state index contributed by atoms with van der Waals surface area (Å²) in [5.41, 5.74) is 0.429. The summed E-state index contributed by atoms with van der Waals surface area (Å²) in [5, 5.41) is 13.2. The predicted molar refractivity (Wildman–Crippen MR) is 82.7 cm³/mol. The Morgan fingerprint density at radius 2 is 2.10 bits per heavy atom. The monoisotopic (exact) mass is 311 g/mol. The van der Waals surface area contributed by atoms with Crippen LogP contribution in [0.4, 0.5) is 0 Å². The maximum Gasteiger partial charge on any atom is 0.258 e. The molecule has 1 saturated carbocycles. The van der Waals surface area contributed by atoms with Gasteiger partial charge in [-0.05, 0) is 43.5 Å². The molecule has 0 atom stereocenters. The minimum atomic E-state index is -0.465. The van der Waals surface area contributed by atoms with Gasteiger partial charge in [-0.25, -0.2) is 0 Å². The molecule has 1 amide bonds. The summed E-state index contributed by atoms with van der Waals surface area (Å²) in [4.78, 5) is 12.1. The zero-order chi connectivity index (χ0) is 15.3. The van der Waals surface area contributed by atoms with Gasteiger partial charge in [-0.15, -0.1) is 0 Å². The molecule has 1 aliphatic rings. The van der Waals surface area contributed by atoms with Crippen molar-refractivity contribution in [1.82, 2.24) is 5.32 Å². The number of benzene rings is 1. The number of hydrogen-bond acceptors (Lipinski definition) is 3. The van der Waals surface area contributed by atoms with Crippen LogP contribution in [0.2, 0.25) is 5.02 Å². The lowest BCUT2D eigenvalue weighted by molar-refractivity contribution is -0.126. The molecule has 0 heterocycles. The number of aryl methyl sites for hydroxylation is 1. The second kappa shape index (κ2) is 7.14. The number of halogens is 1. The first-order valence-corrected chi connectivity index (χ1v) is 7.73. The average molecular weight is 312 g/mol. The third-order valence-corrected chi connectivity index (χ3v) is 4.25. The highest BCUT2D eigenvalue weighted by Gasteiger charge is 2.32. The van der Waals surface area contributed by atoms with Gasteiger partial charge in [0.05, 0.1) is 12.1 Å². The molecule has 1 fully saturated rings. The van der Waals surface area contributed by atoms with Crippen LogP contribution in [0.1, 0.15) is 37.7 Å². The molecule has 21 heavy (non-hydrogen) atoms. The Labute approximate surface area is 130 Å². The summed E-state index contributed by atoms with van der Waals surface area (Å²) in [6, 6.07) is 5.29. The third-order valence-electron chi connectivity index (χ3n) is 4.01. The van der Waals surface area contributed by atoms with Crippen LogP contribution in [0.15, 0.2) is 18.2 Å². The number of hydrogen-bond donors (Lipinski definition) is 2. The van der Waals surface area contributed by atoms with E-state index in [1.165, 1.54) is 0 Å². The summed E-state index contributed by atoms with van der Waals surface area (Å²) in [5.74, 6) is 0.455. The second-order valence-electron chi connectivity index (χ2n) is 5.75. The molecule has 116 valence electrons. The molecule has 2 N–H and O–H groups in total. The number of aliphatic hydroxyl groups excluding tert-OH is 1. The van der Waals surface area contributed by atoms with Gasteiger partial charge in [0, 0.05) is 5.02 Å². The average Bonchev–Trinajstić information content (AvgIpc) is 2.47. The lowest BCUT2D eigenvalue weighted by Gasteiger charge is -2.36. The van der Waals surface area contributed by atoms with Crippen molar-refractivity contribution in [2.75, 3.05) is 13.2 Å². The molecule has 5 heteroatoms. The third kappa shape index (κ3) is 4.35. The summed E-state index contributed by atoms with van der Waals surface area (Å²) >= 11 is 5.88. The van der Waals surface area contributed by atoms with Crippen molar-refractivity contribution in [1.29, 1.82) is 0 Å². The van der Waals surface area contributed by atoms with E-state index in [0.29, 0.717) is 10.8 Å². The maximum absolute atomic E-state index is 12.1. The number of carbonyl (C=O) groups is 1. The van der Waals surface area contributed by atoms with Crippen LogP contribution in [-0.2, 0) is 4.79 Å². The Hall–Kier alpha value is -1.26. The van der Waals surface area contributed by atoms with E-state index in [-0.39, 0.29) is 19.1 Å². The molecule has 0 bridgehead atoms. The van der Waals surface area contributed by atoms with Gasteiger partial charge in [0.1, 0.15) is 5.75 Å². The summed E-state index contributed by atoms with van der Waals surface area (Å²) < 4.78 is 5.53. The van der Waals surface area contributed by atoms with Crippen molar-refractivity contribution in [3.8, 4) is 5.75 Å². The first-order chi connectivity index (χ1) is 10.0. The number of nitrogens with one attached hydrogen (secondary N) is 1. The van der Waals surface area contributed by atoms with Crippen molar-refractivity contribution < 1.29 is 14.6 Å². The van der Waals surface area contributed by atoms with E-state index in [4.69, 9.17) is 16.3 Å². The molecule has 0 aliphatic heterocycles. The Kier molecular flexibility index (Phi) is 5.48. The minimum absolute atomic E-state index is 0.0152. The van der Waals surface area contributed by atoms with E-state index >= 15 is 0 Å². The molecular formula is C16H22ClNO3. The lowest BCUT2D eigenvalue weighted by atomic mass is 9.82. The van der Waals surface area contributed by atoms with Crippen LogP contribution in [0.25, 0.3) is 0 Å². The molecular weight excluding hydrogens is 290 g/mol. The maximum atomic E-state index is 12.1. The van der Waals surface area contributed by atoms with Gasteiger partial charge in [0.15, 0.2) is 6.61 Å². The van der Waals surface area contributed by atoms with Crippen molar-refractivity contribution in [2.45, 2.75) is 44.6 Å². The van der Waals surface area contributed by atoms with Gasteiger partial charge in [-0.3, -0.25) is 4.79 Å². The first kappa shape index (κ1) is 16.1. The fourth-order valence-corrected chi connectivity index (χ4v) is 3.03. The Bertz CT molecular complexity index is 498. The number of amides is 1. The highest BCUT2D eigenvalue weighted by atomic mass is 35.5. The van der Waals surface area contributed by atoms with Gasteiger partial charge < -0.3 is 15.2 Å². The van der Waals surface area contributed by atoms with E-state index in [9.17, 15) is 9.90 Å². The second-order valence-corrected chi connectivity index (χ2v) is 6.18. The predicted octanol–water partition coefficient (Wildman–Crippen LogP) is 2.84. The molecule has 4 nitrogen and oxygen atoms in total. The van der Waals surface area contributed by atoms with Gasteiger partial charge in [0.2, 0.25) is 0 Å². The Morgan fingerprint density at radius 3 is 2.71 bits per heavy atom. The Morgan fingerprint density at radius 1 is 1.38 bits per heavy atom. The zero-order valence-electron chi connectivity index (χ0n) is 12.3. The van der Waals surface area contributed by atoms with Crippen molar-refractivity contribution >= 4 is 17.5 Å². The zero-order valence-corrected chi connectivity index (χ0v) is 13.1. The van der Waals surface area contributed by atoms with E-state index in [2.05, 4.69) is 5.32 Å². The summed E-state index contributed by atoms with van der Waals surface area (Å²) in [6.45, 7) is 1.82. The van der Waals surface area contributed by atoms with Crippen molar-refractivity contribution in [3.63, 3.8) is 0 Å². The molecule has 0 spiro atoms. The molecule has 0 aromatic heterocycles. The van der Waals surface area contributed by atoms with E-state index in [1.807, 2.05) is 6.92 Å². The normalized spacial score (nSPS) is 17.3. The van der Waals surface area contributed by atoms with E-state index in [1.54, 1.807) is 18.2 Å². The van der Waals surface area contributed by atoms with Crippen LogP contribution in [-0.4, -0.2) is 29.8 Å². The van der Waals surface area contributed by atoms with Gasteiger partial charge in [-0.2, -0.15) is 0 Å². The molecule has 2 rings (SSSR count). The smallest absolute Gasteiger partial charge is 0.258 e. The van der Waals surface area contributed by atoms with Gasteiger partial charge >= 0.3 is 0 Å². The largest absolute Gasteiger partial charge is 0.484 e.